The number of H-pyrrole nitrogens is 1. The van der Waals surface area contributed by atoms with Gasteiger partial charge in [-0.25, -0.2) is 4.98 Å². The molecule has 0 aliphatic carbocycles. The van der Waals surface area contributed by atoms with Crippen LogP contribution in [-0.2, 0) is 13.0 Å². The summed E-state index contributed by atoms with van der Waals surface area (Å²) in [5.74, 6) is 0.678. The summed E-state index contributed by atoms with van der Waals surface area (Å²) in [6.45, 7) is 5.69. The fourth-order valence-electron chi connectivity index (χ4n) is 2.48. The lowest BCUT2D eigenvalue weighted by molar-refractivity contribution is -0.913. The summed E-state index contributed by atoms with van der Waals surface area (Å²) in [6.07, 6.45) is 1.09. The van der Waals surface area contributed by atoms with Gasteiger partial charge in [0.1, 0.15) is 17.2 Å². The number of hydrogen-bond donors (Lipinski definition) is 3. The highest BCUT2D eigenvalue weighted by Gasteiger charge is 2.24. The number of fused-ring (bicyclic) bond motifs is 3. The number of quaternary nitrogens is 1. The van der Waals surface area contributed by atoms with Gasteiger partial charge in [-0.2, -0.15) is 0 Å². The van der Waals surface area contributed by atoms with E-state index < -0.39 is 0 Å². The van der Waals surface area contributed by atoms with Gasteiger partial charge in [0.25, 0.3) is 0 Å². The summed E-state index contributed by atoms with van der Waals surface area (Å²) in [5.41, 5.74) is 7.42. The maximum absolute atomic E-state index is 6.03. The summed E-state index contributed by atoms with van der Waals surface area (Å²) in [5, 5.41) is 1.11. The van der Waals surface area contributed by atoms with E-state index in [4.69, 9.17) is 18.0 Å². The third kappa shape index (κ3) is 1.76. The Hall–Kier alpha value is -0.980. The van der Waals surface area contributed by atoms with Crippen molar-refractivity contribution in [1.82, 2.24) is 9.97 Å². The van der Waals surface area contributed by atoms with Crippen molar-refractivity contribution in [2.45, 2.75) is 19.9 Å². The highest BCUT2D eigenvalue weighted by atomic mass is 32.1. The fraction of sp³-hybridized carbons (Fsp3) is 0.455. The van der Waals surface area contributed by atoms with E-state index in [0.29, 0.717) is 10.6 Å². The number of hydrogen-bond acceptors (Lipinski definition) is 4. The molecule has 4 nitrogen and oxygen atoms in total. The van der Waals surface area contributed by atoms with Crippen molar-refractivity contribution >= 4 is 39.6 Å². The van der Waals surface area contributed by atoms with Crippen LogP contribution in [0.4, 0.5) is 5.82 Å². The maximum Gasteiger partial charge on any atom is 0.199 e. The van der Waals surface area contributed by atoms with Gasteiger partial charge >= 0.3 is 0 Å². The van der Waals surface area contributed by atoms with Crippen molar-refractivity contribution in [3.8, 4) is 0 Å². The number of nitrogen functional groups attached to an aromatic ring is 1. The first-order chi connectivity index (χ1) is 8.19. The third-order valence-electron chi connectivity index (χ3n) is 3.43. The Labute approximate surface area is 108 Å². The van der Waals surface area contributed by atoms with Crippen molar-refractivity contribution in [3.63, 3.8) is 0 Å². The van der Waals surface area contributed by atoms with E-state index in [0.717, 1.165) is 23.2 Å². The molecule has 0 saturated heterocycles. The predicted octanol–water partition coefficient (Wildman–Crippen LogP) is 0.897. The zero-order valence-electron chi connectivity index (χ0n) is 9.67. The first-order valence-corrected chi connectivity index (χ1v) is 7.05. The molecule has 0 bridgehead atoms. The topological polar surface area (TPSA) is 59.1 Å². The van der Waals surface area contributed by atoms with Crippen LogP contribution in [-0.4, -0.2) is 23.1 Å². The zero-order valence-corrected chi connectivity index (χ0v) is 11.3. The van der Waals surface area contributed by atoms with Crippen LogP contribution in [0.2, 0.25) is 0 Å². The van der Waals surface area contributed by atoms with E-state index in [1.807, 2.05) is 0 Å². The van der Waals surface area contributed by atoms with Gasteiger partial charge in [-0.05, 0) is 24.7 Å². The van der Waals surface area contributed by atoms with Crippen molar-refractivity contribution in [3.05, 3.63) is 15.2 Å². The minimum Gasteiger partial charge on any atom is -0.385 e. The second-order valence-electron chi connectivity index (χ2n) is 4.42. The molecule has 1 unspecified atom stereocenters. The molecule has 2 aromatic rings. The molecule has 4 N–H and O–H groups in total. The van der Waals surface area contributed by atoms with Gasteiger partial charge in [0.05, 0.1) is 23.4 Å². The summed E-state index contributed by atoms with van der Waals surface area (Å²) in [7, 11) is 0. The van der Waals surface area contributed by atoms with E-state index in [-0.39, 0.29) is 0 Å². The van der Waals surface area contributed by atoms with E-state index in [1.165, 1.54) is 23.5 Å². The average molecular weight is 267 g/mol. The van der Waals surface area contributed by atoms with E-state index in [9.17, 15) is 0 Å². The largest absolute Gasteiger partial charge is 0.385 e. The molecule has 0 radical (unpaired) electrons. The number of thiophene rings is 1. The molecule has 6 heteroatoms. The van der Waals surface area contributed by atoms with Crippen LogP contribution in [0.5, 0.6) is 0 Å². The first-order valence-electron chi connectivity index (χ1n) is 5.82. The molecule has 0 saturated carbocycles. The number of nitrogens with two attached hydrogens (primary N) is 1. The minimum absolute atomic E-state index is 0.480. The monoisotopic (exact) mass is 267 g/mol. The lowest BCUT2D eigenvalue weighted by atomic mass is 10.1. The van der Waals surface area contributed by atoms with Crippen molar-refractivity contribution in [2.24, 2.45) is 0 Å². The predicted molar refractivity (Wildman–Crippen MR) is 73.0 cm³/mol. The van der Waals surface area contributed by atoms with Crippen LogP contribution in [0.15, 0.2) is 0 Å². The average Bonchev–Trinajstić information content (AvgIpc) is 2.65. The smallest absolute Gasteiger partial charge is 0.199 e. The summed E-state index contributed by atoms with van der Waals surface area (Å²) in [6, 6.07) is 0. The number of nitrogens with one attached hydrogen (secondary N) is 2. The second kappa shape index (κ2) is 4.04. The van der Waals surface area contributed by atoms with E-state index in [1.54, 1.807) is 16.2 Å². The number of rotatable bonds is 1. The van der Waals surface area contributed by atoms with Crippen LogP contribution in [0.3, 0.4) is 0 Å². The number of aromatic nitrogens is 2. The molecule has 1 aliphatic heterocycles. The van der Waals surface area contributed by atoms with Crippen LogP contribution < -0.4 is 10.6 Å². The molecular weight excluding hydrogens is 252 g/mol. The molecule has 2 aromatic heterocycles. The van der Waals surface area contributed by atoms with Crippen molar-refractivity contribution < 1.29 is 4.90 Å². The molecule has 3 heterocycles. The van der Waals surface area contributed by atoms with E-state index >= 15 is 0 Å². The Balaban J connectivity index is 2.22. The molecule has 0 fully saturated rings. The first kappa shape index (κ1) is 11.1. The zero-order chi connectivity index (χ0) is 12.0. The number of nitrogens with zero attached hydrogens (tertiary/aromatic N) is 1. The van der Waals surface area contributed by atoms with Crippen LogP contribution in [0.25, 0.3) is 10.2 Å². The highest BCUT2D eigenvalue weighted by Crippen LogP contribution is 2.33. The summed E-state index contributed by atoms with van der Waals surface area (Å²) in [4.78, 5) is 11.4. The lowest BCUT2D eigenvalue weighted by Crippen LogP contribution is -3.11. The molecule has 90 valence electrons. The number of anilines is 1. The van der Waals surface area contributed by atoms with Crippen LogP contribution in [0.1, 0.15) is 17.4 Å². The highest BCUT2D eigenvalue weighted by molar-refractivity contribution is 7.71. The molecule has 0 aromatic carbocycles. The second-order valence-corrected chi connectivity index (χ2v) is 5.89. The van der Waals surface area contributed by atoms with Crippen LogP contribution >= 0.6 is 23.6 Å². The van der Waals surface area contributed by atoms with Gasteiger partial charge < -0.3 is 15.6 Å². The minimum atomic E-state index is 0.480. The Bertz CT molecular complexity index is 628. The van der Waals surface area contributed by atoms with Crippen molar-refractivity contribution in [1.29, 1.82) is 0 Å². The molecule has 0 spiro atoms. The molecule has 17 heavy (non-hydrogen) atoms. The van der Waals surface area contributed by atoms with E-state index in [2.05, 4.69) is 16.9 Å². The van der Waals surface area contributed by atoms with Crippen LogP contribution in [0, 0.1) is 4.77 Å². The Morgan fingerprint density at radius 3 is 3.18 bits per heavy atom. The molecule has 1 atom stereocenters. The Morgan fingerprint density at radius 1 is 1.59 bits per heavy atom. The van der Waals surface area contributed by atoms with Gasteiger partial charge in [0, 0.05) is 6.42 Å². The standard InChI is InChI=1S/C11H14N4S2/c1-2-15-4-3-6-7(5-15)17-10-8(6)9(12)13-11(16)14-10/h2-5H2,1H3,(H3,12,13,14,16)/p+1. The number of aromatic amines is 1. The van der Waals surface area contributed by atoms with Crippen molar-refractivity contribution in [2.75, 3.05) is 18.8 Å². The quantitative estimate of drug-likeness (QED) is 0.673. The number of likely N-dealkylation sites (N-methyl/N-ethyl adjacent to an activating group) is 1. The Kier molecular flexibility index (Phi) is 2.65. The van der Waals surface area contributed by atoms with Gasteiger partial charge in [-0.3, -0.25) is 0 Å². The van der Waals surface area contributed by atoms with Gasteiger partial charge in [0.15, 0.2) is 4.77 Å². The SMILES string of the molecule is CC[NH+]1CCc2c(sc3nc(=S)[nH]c(N)c23)C1. The summed E-state index contributed by atoms with van der Waals surface area (Å²) < 4.78 is 0.480. The molecule has 0 amide bonds. The maximum atomic E-state index is 6.03. The molecule has 1 aliphatic rings. The summed E-state index contributed by atoms with van der Waals surface area (Å²) >= 11 is 6.82. The lowest BCUT2D eigenvalue weighted by Gasteiger charge is -2.22. The van der Waals surface area contributed by atoms with Gasteiger partial charge in [-0.15, -0.1) is 11.3 Å². The Morgan fingerprint density at radius 2 is 2.41 bits per heavy atom. The normalized spacial score (nSPS) is 19.5. The molecular formula is C11H15N4S2+. The fourth-order valence-corrected chi connectivity index (χ4v) is 4.05. The third-order valence-corrected chi connectivity index (χ3v) is 4.74. The molecule has 3 rings (SSSR count). The van der Waals surface area contributed by atoms with Gasteiger partial charge in [-0.1, -0.05) is 0 Å². The van der Waals surface area contributed by atoms with Gasteiger partial charge in [0.2, 0.25) is 0 Å².